The van der Waals surface area contributed by atoms with Gasteiger partial charge in [-0.05, 0) is 62.3 Å². The van der Waals surface area contributed by atoms with Crippen molar-refractivity contribution in [2.75, 3.05) is 26.2 Å². The average Bonchev–Trinajstić information content (AvgIpc) is 3.16. The van der Waals surface area contributed by atoms with Crippen LogP contribution in [0.5, 0.6) is 5.75 Å². The topological polar surface area (TPSA) is 85.6 Å². The highest BCUT2D eigenvalue weighted by atomic mass is 16.5. The maximum atomic E-state index is 13.4. The van der Waals surface area contributed by atoms with Crippen LogP contribution in [-0.4, -0.2) is 52.1 Å². The number of para-hydroxylation sites is 3. The number of likely N-dealkylation sites (tertiary alicyclic amines) is 1. The number of imidazole rings is 1. The second-order valence-corrected chi connectivity index (χ2v) is 10.4. The van der Waals surface area contributed by atoms with Crippen molar-refractivity contribution in [2.45, 2.75) is 51.5 Å². The number of aromatic nitrogens is 2. The van der Waals surface area contributed by atoms with Crippen LogP contribution >= 0.6 is 0 Å². The van der Waals surface area contributed by atoms with E-state index in [0.717, 1.165) is 48.9 Å². The average molecular weight is 505 g/mol. The quantitative estimate of drug-likeness (QED) is 0.581. The Kier molecular flexibility index (Phi) is 7.35. The van der Waals surface area contributed by atoms with E-state index in [1.54, 1.807) is 16.2 Å². The molecule has 3 aromatic rings. The molecule has 8 heteroatoms. The highest BCUT2D eigenvalue weighted by Gasteiger charge is 2.41. The Morgan fingerprint density at radius 2 is 1.68 bits per heavy atom. The summed E-state index contributed by atoms with van der Waals surface area (Å²) >= 11 is 0. The zero-order valence-electron chi connectivity index (χ0n) is 21.6. The third-order valence-corrected chi connectivity index (χ3v) is 8.09. The largest absolute Gasteiger partial charge is 0.493 e. The van der Waals surface area contributed by atoms with E-state index in [-0.39, 0.29) is 24.0 Å². The van der Waals surface area contributed by atoms with Gasteiger partial charge in [-0.15, -0.1) is 0 Å². The molecule has 0 atom stereocenters. The minimum Gasteiger partial charge on any atom is -0.493 e. The van der Waals surface area contributed by atoms with Gasteiger partial charge in [-0.25, -0.2) is 4.79 Å². The molecule has 2 amide bonds. The Bertz CT molecular complexity index is 1330. The molecule has 0 saturated carbocycles. The van der Waals surface area contributed by atoms with Gasteiger partial charge in [0.25, 0.3) is 0 Å². The number of hydrogen-bond donors (Lipinski definition) is 1. The van der Waals surface area contributed by atoms with Crippen LogP contribution in [-0.2, 0) is 29.6 Å². The van der Waals surface area contributed by atoms with Crippen LogP contribution in [0.1, 0.15) is 44.1 Å². The number of amides is 2. The highest BCUT2D eigenvalue weighted by molar-refractivity contribution is 5.84. The van der Waals surface area contributed by atoms with E-state index < -0.39 is 5.41 Å². The lowest BCUT2D eigenvalue weighted by Crippen LogP contribution is -2.51. The number of carbonyl (C=O) groups excluding carboxylic acids is 2. The smallest absolute Gasteiger partial charge is 0.329 e. The van der Waals surface area contributed by atoms with Gasteiger partial charge in [0.15, 0.2) is 0 Å². The van der Waals surface area contributed by atoms with Crippen LogP contribution in [0.25, 0.3) is 11.0 Å². The first kappa shape index (κ1) is 25.1. The van der Waals surface area contributed by atoms with Gasteiger partial charge in [0.1, 0.15) is 12.3 Å². The lowest BCUT2D eigenvalue weighted by molar-refractivity contribution is -0.141. The Morgan fingerprint density at radius 1 is 0.946 bits per heavy atom. The summed E-state index contributed by atoms with van der Waals surface area (Å²) in [7, 11) is 1.73. The molecular weight excluding hydrogens is 468 g/mol. The lowest BCUT2D eigenvalue weighted by atomic mass is 9.73. The molecule has 1 N–H and O–H groups in total. The van der Waals surface area contributed by atoms with Gasteiger partial charge < -0.3 is 15.0 Å². The van der Waals surface area contributed by atoms with Crippen LogP contribution in [0.4, 0.5) is 0 Å². The number of benzene rings is 2. The van der Waals surface area contributed by atoms with Crippen molar-refractivity contribution < 1.29 is 14.3 Å². The SMILES string of the molecule is Cn1c(=O)n(CC(=O)N2CCC3(CCCCc4ccccc4OCCCNC3=O)CC2)c2ccccc21. The van der Waals surface area contributed by atoms with Gasteiger partial charge in [-0.1, -0.05) is 36.8 Å². The van der Waals surface area contributed by atoms with E-state index in [1.807, 2.05) is 47.4 Å². The van der Waals surface area contributed by atoms with E-state index in [9.17, 15) is 14.4 Å². The van der Waals surface area contributed by atoms with Crippen molar-refractivity contribution in [3.05, 3.63) is 64.6 Å². The van der Waals surface area contributed by atoms with Crippen molar-refractivity contribution in [1.82, 2.24) is 19.4 Å². The van der Waals surface area contributed by atoms with Crippen molar-refractivity contribution >= 4 is 22.8 Å². The molecule has 0 aliphatic carbocycles. The number of nitrogens with one attached hydrogen (secondary N) is 1. The molecule has 0 unspecified atom stereocenters. The Hall–Kier alpha value is -3.55. The second-order valence-electron chi connectivity index (χ2n) is 10.4. The molecule has 5 rings (SSSR count). The van der Waals surface area contributed by atoms with Crippen molar-refractivity contribution in [2.24, 2.45) is 12.5 Å². The summed E-state index contributed by atoms with van der Waals surface area (Å²) in [6.45, 7) is 2.21. The predicted octanol–water partition coefficient (Wildman–Crippen LogP) is 3.26. The minimum atomic E-state index is -0.457. The normalized spacial score (nSPS) is 18.7. The molecule has 1 fully saturated rings. The molecule has 37 heavy (non-hydrogen) atoms. The zero-order chi connectivity index (χ0) is 25.8. The highest BCUT2D eigenvalue weighted by Crippen LogP contribution is 2.38. The van der Waals surface area contributed by atoms with Crippen LogP contribution in [0, 0.1) is 5.41 Å². The lowest BCUT2D eigenvalue weighted by Gasteiger charge is -2.41. The second kappa shape index (κ2) is 10.8. The summed E-state index contributed by atoms with van der Waals surface area (Å²) < 4.78 is 9.11. The predicted molar refractivity (Wildman–Crippen MR) is 143 cm³/mol. The van der Waals surface area contributed by atoms with E-state index in [1.165, 1.54) is 5.56 Å². The number of nitrogens with zero attached hydrogens (tertiary/aromatic N) is 3. The maximum absolute atomic E-state index is 13.4. The Morgan fingerprint density at radius 3 is 2.49 bits per heavy atom. The molecule has 1 spiro atoms. The monoisotopic (exact) mass is 504 g/mol. The zero-order valence-corrected chi connectivity index (χ0v) is 21.6. The fourth-order valence-electron chi connectivity index (χ4n) is 5.80. The summed E-state index contributed by atoms with van der Waals surface area (Å²) in [6, 6.07) is 15.7. The number of rotatable bonds is 2. The van der Waals surface area contributed by atoms with Gasteiger partial charge in [0.05, 0.1) is 23.1 Å². The van der Waals surface area contributed by atoms with Gasteiger partial charge >= 0.3 is 5.69 Å². The molecule has 1 aromatic heterocycles. The number of carbonyl (C=O) groups is 2. The van der Waals surface area contributed by atoms with Gasteiger partial charge in [-0.2, -0.15) is 0 Å². The Balaban J connectivity index is 1.25. The van der Waals surface area contributed by atoms with E-state index in [0.29, 0.717) is 39.1 Å². The minimum absolute atomic E-state index is 0.0127. The van der Waals surface area contributed by atoms with Crippen LogP contribution in [0.2, 0.25) is 0 Å². The van der Waals surface area contributed by atoms with Crippen LogP contribution in [0.15, 0.2) is 53.3 Å². The third kappa shape index (κ3) is 5.15. The van der Waals surface area contributed by atoms with Crippen LogP contribution < -0.4 is 15.7 Å². The number of ether oxygens (including phenoxy) is 1. The number of aryl methyl sites for hydroxylation is 2. The van der Waals surface area contributed by atoms with Crippen molar-refractivity contribution in [1.29, 1.82) is 0 Å². The van der Waals surface area contributed by atoms with Gasteiger partial charge in [0, 0.05) is 26.7 Å². The molecule has 2 aromatic carbocycles. The fraction of sp³-hybridized carbons (Fsp3) is 0.483. The van der Waals surface area contributed by atoms with E-state index in [2.05, 4.69) is 11.4 Å². The van der Waals surface area contributed by atoms with Crippen molar-refractivity contribution in [3.63, 3.8) is 0 Å². The molecule has 0 bridgehead atoms. The molecule has 0 radical (unpaired) electrons. The van der Waals surface area contributed by atoms with Crippen LogP contribution in [0.3, 0.4) is 0 Å². The standard InChI is InChI=1S/C29H36N4O4/c1-31-23-11-3-4-12-24(23)33(28(31)36)21-26(34)32-18-15-29(16-19-32)14-7-6-10-22-9-2-5-13-25(22)37-20-8-17-30-27(29)35/h2-5,9,11-13H,6-8,10,14-21H2,1H3,(H,30,35). The first-order valence-electron chi connectivity index (χ1n) is 13.4. The maximum Gasteiger partial charge on any atom is 0.329 e. The first-order chi connectivity index (χ1) is 18.0. The molecule has 196 valence electrons. The Labute approximate surface area is 217 Å². The first-order valence-corrected chi connectivity index (χ1v) is 13.4. The fourth-order valence-corrected chi connectivity index (χ4v) is 5.80. The molecular formula is C29H36N4O4. The molecule has 3 heterocycles. The van der Waals surface area contributed by atoms with Crippen molar-refractivity contribution in [3.8, 4) is 5.75 Å². The van der Waals surface area contributed by atoms with E-state index in [4.69, 9.17) is 4.74 Å². The van der Waals surface area contributed by atoms with Gasteiger partial charge in [-0.3, -0.25) is 18.7 Å². The third-order valence-electron chi connectivity index (χ3n) is 8.09. The summed E-state index contributed by atoms with van der Waals surface area (Å²) in [5, 5.41) is 3.15. The summed E-state index contributed by atoms with van der Waals surface area (Å²) in [6.07, 6.45) is 5.71. The molecule has 1 saturated heterocycles. The summed E-state index contributed by atoms with van der Waals surface area (Å²) in [5.41, 5.74) is 2.15. The summed E-state index contributed by atoms with van der Waals surface area (Å²) in [5.74, 6) is 0.966. The number of piperidine rings is 1. The summed E-state index contributed by atoms with van der Waals surface area (Å²) in [4.78, 5) is 41.2. The number of hydrogen-bond acceptors (Lipinski definition) is 4. The number of fused-ring (bicyclic) bond motifs is 2. The molecule has 2 aliphatic heterocycles. The van der Waals surface area contributed by atoms with Gasteiger partial charge in [0.2, 0.25) is 11.8 Å². The molecule has 8 nitrogen and oxygen atoms in total. The molecule has 2 aliphatic rings. The van der Waals surface area contributed by atoms with E-state index >= 15 is 0 Å².